The normalized spacial score (nSPS) is 11.0. The van der Waals surface area contributed by atoms with Crippen molar-refractivity contribution in [1.29, 1.82) is 0 Å². The topological polar surface area (TPSA) is 43.3 Å². The van der Waals surface area contributed by atoms with Crippen molar-refractivity contribution in [3.05, 3.63) is 54.1 Å². The van der Waals surface area contributed by atoms with E-state index < -0.39 is 0 Å². The summed E-state index contributed by atoms with van der Waals surface area (Å²) in [7, 11) is 0. The highest BCUT2D eigenvalue weighted by atomic mass is 19.1. The van der Waals surface area contributed by atoms with Crippen molar-refractivity contribution in [1.82, 2.24) is 9.38 Å². The lowest BCUT2D eigenvalue weighted by Gasteiger charge is -2.01. The molecule has 2 aromatic heterocycles. The zero-order valence-electron chi connectivity index (χ0n) is 9.89. The number of hydrogen-bond acceptors (Lipinski definition) is 2. The molecule has 3 aromatic rings. The summed E-state index contributed by atoms with van der Waals surface area (Å²) < 4.78 is 14.8. The second kappa shape index (κ2) is 3.84. The van der Waals surface area contributed by atoms with Crippen LogP contribution < -0.4 is 5.73 Å². The number of pyridine rings is 1. The van der Waals surface area contributed by atoms with E-state index in [2.05, 4.69) is 4.98 Å². The highest BCUT2D eigenvalue weighted by molar-refractivity contribution is 5.64. The van der Waals surface area contributed by atoms with Crippen LogP contribution in [-0.2, 0) is 0 Å². The molecule has 0 fully saturated rings. The van der Waals surface area contributed by atoms with Gasteiger partial charge in [-0.25, -0.2) is 9.37 Å². The number of hydrogen-bond donors (Lipinski definition) is 1. The van der Waals surface area contributed by atoms with Crippen molar-refractivity contribution < 1.29 is 4.39 Å². The molecule has 0 saturated heterocycles. The van der Waals surface area contributed by atoms with Gasteiger partial charge in [0.2, 0.25) is 0 Å². The summed E-state index contributed by atoms with van der Waals surface area (Å²) in [6.45, 7) is 1.94. The summed E-state index contributed by atoms with van der Waals surface area (Å²) in [6.07, 6.45) is 1.91. The Balaban J connectivity index is 2.19. The number of rotatable bonds is 1. The fraction of sp³-hybridized carbons (Fsp3) is 0.0714. The molecule has 18 heavy (non-hydrogen) atoms. The summed E-state index contributed by atoms with van der Waals surface area (Å²) >= 11 is 0. The minimum atomic E-state index is -0.247. The Morgan fingerprint density at radius 3 is 2.56 bits per heavy atom. The summed E-state index contributed by atoms with van der Waals surface area (Å²) in [5, 5.41) is 0. The van der Waals surface area contributed by atoms with E-state index in [1.165, 1.54) is 12.1 Å². The Labute approximate surface area is 104 Å². The molecule has 2 N–H and O–H groups in total. The van der Waals surface area contributed by atoms with Gasteiger partial charge in [-0.05, 0) is 43.3 Å². The van der Waals surface area contributed by atoms with E-state index in [1.54, 1.807) is 12.1 Å². The number of nitrogens with two attached hydrogens (primary N) is 1. The van der Waals surface area contributed by atoms with E-state index in [-0.39, 0.29) is 5.82 Å². The maximum absolute atomic E-state index is 12.9. The first-order valence-electron chi connectivity index (χ1n) is 5.65. The molecule has 0 radical (unpaired) electrons. The van der Waals surface area contributed by atoms with Crippen LogP contribution in [0.25, 0.3) is 16.9 Å². The molecule has 0 unspecified atom stereocenters. The zero-order chi connectivity index (χ0) is 12.7. The molecule has 0 aliphatic heterocycles. The molecule has 1 aromatic carbocycles. The van der Waals surface area contributed by atoms with Crippen molar-refractivity contribution >= 4 is 11.3 Å². The standard InChI is InChI=1S/C14H12FN3/c1-9-12(16)6-7-14-17-13(8-18(9)14)10-2-4-11(15)5-3-10/h2-8H,16H2,1H3. The quantitative estimate of drug-likeness (QED) is 0.711. The van der Waals surface area contributed by atoms with E-state index in [1.807, 2.05) is 29.7 Å². The zero-order valence-corrected chi connectivity index (χ0v) is 9.89. The summed E-state index contributed by atoms with van der Waals surface area (Å²) in [5.74, 6) is -0.247. The van der Waals surface area contributed by atoms with Gasteiger partial charge in [0.25, 0.3) is 0 Å². The van der Waals surface area contributed by atoms with E-state index >= 15 is 0 Å². The fourth-order valence-corrected chi connectivity index (χ4v) is 1.96. The third-order valence-corrected chi connectivity index (χ3v) is 3.06. The first-order valence-corrected chi connectivity index (χ1v) is 5.65. The van der Waals surface area contributed by atoms with Gasteiger partial charge in [-0.3, -0.25) is 0 Å². The van der Waals surface area contributed by atoms with Crippen molar-refractivity contribution in [2.24, 2.45) is 0 Å². The Morgan fingerprint density at radius 2 is 1.83 bits per heavy atom. The lowest BCUT2D eigenvalue weighted by atomic mass is 10.2. The third-order valence-electron chi connectivity index (χ3n) is 3.06. The van der Waals surface area contributed by atoms with Gasteiger partial charge in [0.05, 0.1) is 11.4 Å². The number of nitrogens with zero attached hydrogens (tertiary/aromatic N) is 2. The molecular formula is C14H12FN3. The average Bonchev–Trinajstić information content (AvgIpc) is 2.80. The van der Waals surface area contributed by atoms with E-state index in [9.17, 15) is 4.39 Å². The average molecular weight is 241 g/mol. The van der Waals surface area contributed by atoms with Gasteiger partial charge >= 0.3 is 0 Å². The van der Waals surface area contributed by atoms with Crippen LogP contribution in [0.5, 0.6) is 0 Å². The number of anilines is 1. The Bertz CT molecular complexity index is 714. The molecule has 3 rings (SSSR count). The van der Waals surface area contributed by atoms with Gasteiger partial charge in [0, 0.05) is 17.5 Å². The van der Waals surface area contributed by atoms with Crippen LogP contribution in [0, 0.1) is 12.7 Å². The lowest BCUT2D eigenvalue weighted by molar-refractivity contribution is 0.628. The molecule has 0 spiro atoms. The van der Waals surface area contributed by atoms with Gasteiger partial charge in [-0.2, -0.15) is 0 Å². The first-order chi connectivity index (χ1) is 8.65. The van der Waals surface area contributed by atoms with Crippen molar-refractivity contribution in [3.63, 3.8) is 0 Å². The monoisotopic (exact) mass is 241 g/mol. The van der Waals surface area contributed by atoms with Crippen molar-refractivity contribution in [2.45, 2.75) is 6.92 Å². The number of benzene rings is 1. The number of fused-ring (bicyclic) bond motifs is 1. The predicted octanol–water partition coefficient (Wildman–Crippen LogP) is 3.03. The SMILES string of the molecule is Cc1c(N)ccc2nc(-c3ccc(F)cc3)cn12. The summed E-state index contributed by atoms with van der Waals surface area (Å²) in [5.41, 5.74) is 10.1. The highest BCUT2D eigenvalue weighted by Gasteiger charge is 2.07. The number of aromatic nitrogens is 2. The second-order valence-corrected chi connectivity index (χ2v) is 4.24. The summed E-state index contributed by atoms with van der Waals surface area (Å²) in [6, 6.07) is 10.0. The Kier molecular flexibility index (Phi) is 2.30. The predicted molar refractivity (Wildman–Crippen MR) is 69.7 cm³/mol. The minimum absolute atomic E-state index is 0.247. The number of imidazole rings is 1. The van der Waals surface area contributed by atoms with E-state index in [4.69, 9.17) is 5.73 Å². The second-order valence-electron chi connectivity index (χ2n) is 4.24. The van der Waals surface area contributed by atoms with Crippen LogP contribution in [0.4, 0.5) is 10.1 Å². The van der Waals surface area contributed by atoms with Gasteiger partial charge < -0.3 is 10.1 Å². The van der Waals surface area contributed by atoms with Crippen LogP contribution in [0.3, 0.4) is 0 Å². The third kappa shape index (κ3) is 1.62. The number of aryl methyl sites for hydroxylation is 1. The Morgan fingerprint density at radius 1 is 1.11 bits per heavy atom. The van der Waals surface area contributed by atoms with Crippen LogP contribution >= 0.6 is 0 Å². The highest BCUT2D eigenvalue weighted by Crippen LogP contribution is 2.22. The molecule has 0 bridgehead atoms. The Hall–Kier alpha value is -2.36. The first kappa shape index (κ1) is 10.8. The maximum Gasteiger partial charge on any atom is 0.137 e. The number of halogens is 1. The van der Waals surface area contributed by atoms with Gasteiger partial charge in [-0.15, -0.1) is 0 Å². The van der Waals surface area contributed by atoms with Gasteiger partial charge in [0.15, 0.2) is 0 Å². The van der Waals surface area contributed by atoms with Crippen molar-refractivity contribution in [3.8, 4) is 11.3 Å². The van der Waals surface area contributed by atoms with Crippen molar-refractivity contribution in [2.75, 3.05) is 5.73 Å². The van der Waals surface area contributed by atoms with E-state index in [0.717, 1.165) is 28.3 Å². The largest absolute Gasteiger partial charge is 0.397 e. The molecule has 0 saturated carbocycles. The minimum Gasteiger partial charge on any atom is -0.397 e. The molecule has 90 valence electrons. The van der Waals surface area contributed by atoms with E-state index in [0.29, 0.717) is 0 Å². The molecule has 0 aliphatic rings. The van der Waals surface area contributed by atoms with Gasteiger partial charge in [-0.1, -0.05) is 0 Å². The molecule has 4 heteroatoms. The number of nitrogen functional groups attached to an aromatic ring is 1. The lowest BCUT2D eigenvalue weighted by Crippen LogP contribution is -1.96. The summed E-state index contributed by atoms with van der Waals surface area (Å²) in [4.78, 5) is 4.50. The van der Waals surface area contributed by atoms with Crippen LogP contribution in [0.15, 0.2) is 42.6 Å². The smallest absolute Gasteiger partial charge is 0.137 e. The van der Waals surface area contributed by atoms with Crippen LogP contribution in [0.2, 0.25) is 0 Å². The molecule has 0 atom stereocenters. The van der Waals surface area contributed by atoms with Crippen LogP contribution in [-0.4, -0.2) is 9.38 Å². The molecular weight excluding hydrogens is 229 g/mol. The molecule has 0 aliphatic carbocycles. The van der Waals surface area contributed by atoms with Gasteiger partial charge in [0.1, 0.15) is 11.5 Å². The molecule has 3 nitrogen and oxygen atoms in total. The van der Waals surface area contributed by atoms with Crippen LogP contribution in [0.1, 0.15) is 5.69 Å². The maximum atomic E-state index is 12.9. The molecule has 2 heterocycles. The molecule has 0 amide bonds. The fourth-order valence-electron chi connectivity index (χ4n) is 1.96.